The first kappa shape index (κ1) is 15.4. The molecule has 0 amide bonds. The molecule has 2 aromatic rings. The zero-order chi connectivity index (χ0) is 16.7. The van der Waals surface area contributed by atoms with Gasteiger partial charge < -0.3 is 20.1 Å². The number of nitrogens with zero attached hydrogens (tertiary/aromatic N) is 3. The molecule has 0 radical (unpaired) electrons. The summed E-state index contributed by atoms with van der Waals surface area (Å²) in [5.74, 6) is 2.00. The van der Waals surface area contributed by atoms with Crippen LogP contribution in [0.25, 0.3) is 11.0 Å². The zero-order valence-electron chi connectivity index (χ0n) is 14.2. The second-order valence-corrected chi connectivity index (χ2v) is 6.86. The molecule has 6 nitrogen and oxygen atoms in total. The van der Waals surface area contributed by atoms with Crippen molar-refractivity contribution in [3.8, 4) is 11.6 Å². The molecule has 1 atom stereocenters. The predicted molar refractivity (Wildman–Crippen MR) is 93.7 cm³/mol. The molecule has 24 heavy (non-hydrogen) atoms. The molecule has 1 aliphatic heterocycles. The summed E-state index contributed by atoms with van der Waals surface area (Å²) in [6, 6.07) is 4.49. The van der Waals surface area contributed by atoms with E-state index in [1.165, 1.54) is 0 Å². The molecule has 4 rings (SSSR count). The van der Waals surface area contributed by atoms with Crippen LogP contribution in [-0.4, -0.2) is 42.8 Å². The third kappa shape index (κ3) is 2.55. The van der Waals surface area contributed by atoms with E-state index in [0.29, 0.717) is 30.5 Å². The summed E-state index contributed by atoms with van der Waals surface area (Å²) >= 11 is 0. The highest BCUT2D eigenvalue weighted by Crippen LogP contribution is 2.41. The Labute approximate surface area is 142 Å². The maximum absolute atomic E-state index is 6.07. The molecule has 0 aromatic carbocycles. The lowest BCUT2D eigenvalue weighted by Gasteiger charge is -2.42. The maximum Gasteiger partial charge on any atom is 0.213 e. The second-order valence-electron chi connectivity index (χ2n) is 6.86. The summed E-state index contributed by atoms with van der Waals surface area (Å²) in [6.45, 7) is 0.695. The number of methoxy groups -OCH3 is 1. The van der Waals surface area contributed by atoms with E-state index >= 15 is 0 Å². The normalized spacial score (nSPS) is 26.8. The van der Waals surface area contributed by atoms with Gasteiger partial charge in [0.15, 0.2) is 5.75 Å². The number of nitrogens with two attached hydrogens (primary N) is 1. The van der Waals surface area contributed by atoms with Crippen molar-refractivity contribution in [2.24, 2.45) is 11.7 Å². The number of fused-ring (bicyclic) bond motifs is 3. The third-order valence-corrected chi connectivity index (χ3v) is 5.46. The van der Waals surface area contributed by atoms with Crippen LogP contribution >= 0.6 is 0 Å². The van der Waals surface area contributed by atoms with Crippen molar-refractivity contribution < 1.29 is 9.47 Å². The number of rotatable bonds is 2. The number of hydrogen-bond donors (Lipinski definition) is 1. The molecule has 0 saturated heterocycles. The molecular weight excluding hydrogens is 304 g/mol. The first-order valence-corrected chi connectivity index (χ1v) is 8.62. The topological polar surface area (TPSA) is 73.5 Å². The fraction of sp³-hybridized carbons (Fsp3) is 0.556. The summed E-state index contributed by atoms with van der Waals surface area (Å²) in [6.07, 6.45) is 6.33. The summed E-state index contributed by atoms with van der Waals surface area (Å²) in [5, 5.41) is 0. The standard InChI is InChI=1S/C18H24N4O2/c1-22-14(11-3-5-12(19)6-4-11)10-24-15-9-20-13-7-8-16(23-2)21-17(13)18(15)22/h7-9,11-12,14H,3-6,10,19H2,1-2H3/t11-,12-,14?. The maximum atomic E-state index is 6.07. The van der Waals surface area contributed by atoms with Crippen molar-refractivity contribution in [3.63, 3.8) is 0 Å². The number of likely N-dealkylation sites (N-methyl/N-ethyl adjacent to an activating group) is 1. The van der Waals surface area contributed by atoms with E-state index < -0.39 is 0 Å². The lowest BCUT2D eigenvalue weighted by molar-refractivity contribution is 0.189. The van der Waals surface area contributed by atoms with Gasteiger partial charge in [0.2, 0.25) is 5.88 Å². The van der Waals surface area contributed by atoms with E-state index in [0.717, 1.165) is 48.2 Å². The van der Waals surface area contributed by atoms with Crippen LogP contribution in [0.5, 0.6) is 11.6 Å². The van der Waals surface area contributed by atoms with Gasteiger partial charge in [-0.3, -0.25) is 4.98 Å². The molecule has 3 heterocycles. The average molecular weight is 328 g/mol. The Balaban J connectivity index is 1.72. The van der Waals surface area contributed by atoms with Crippen LogP contribution in [0.15, 0.2) is 18.3 Å². The quantitative estimate of drug-likeness (QED) is 0.912. The highest BCUT2D eigenvalue weighted by atomic mass is 16.5. The molecule has 1 aliphatic carbocycles. The Kier molecular flexibility index (Phi) is 3.92. The Morgan fingerprint density at radius 2 is 2.04 bits per heavy atom. The molecule has 0 bridgehead atoms. The van der Waals surface area contributed by atoms with E-state index in [2.05, 4.69) is 21.9 Å². The molecular formula is C18H24N4O2. The van der Waals surface area contributed by atoms with E-state index in [1.807, 2.05) is 12.1 Å². The molecule has 0 spiro atoms. The van der Waals surface area contributed by atoms with Crippen molar-refractivity contribution in [1.82, 2.24) is 9.97 Å². The van der Waals surface area contributed by atoms with Gasteiger partial charge in [-0.15, -0.1) is 0 Å². The number of aromatic nitrogens is 2. The summed E-state index contributed by atoms with van der Waals surface area (Å²) in [5.41, 5.74) is 8.78. The Bertz CT molecular complexity index is 738. The predicted octanol–water partition coefficient (Wildman–Crippen LogP) is 2.35. The van der Waals surface area contributed by atoms with E-state index in [-0.39, 0.29) is 0 Å². The van der Waals surface area contributed by atoms with Crippen molar-refractivity contribution in [2.45, 2.75) is 37.8 Å². The molecule has 2 aliphatic rings. The summed E-state index contributed by atoms with van der Waals surface area (Å²) in [7, 11) is 3.77. The molecule has 128 valence electrons. The van der Waals surface area contributed by atoms with Crippen molar-refractivity contribution in [2.75, 3.05) is 25.7 Å². The van der Waals surface area contributed by atoms with Gasteiger partial charge in [0.05, 0.1) is 24.9 Å². The average Bonchev–Trinajstić information content (AvgIpc) is 2.62. The number of ether oxygens (including phenoxy) is 2. The van der Waals surface area contributed by atoms with Gasteiger partial charge in [0.1, 0.15) is 17.8 Å². The Hall–Kier alpha value is -2.08. The van der Waals surface area contributed by atoms with Crippen LogP contribution in [0.4, 0.5) is 5.69 Å². The van der Waals surface area contributed by atoms with Crippen LogP contribution in [0.1, 0.15) is 25.7 Å². The second kappa shape index (κ2) is 6.09. The van der Waals surface area contributed by atoms with E-state index in [9.17, 15) is 0 Å². The number of anilines is 1. The van der Waals surface area contributed by atoms with Crippen LogP contribution in [0, 0.1) is 5.92 Å². The molecule has 1 saturated carbocycles. The minimum Gasteiger partial charge on any atom is -0.488 e. The Morgan fingerprint density at radius 1 is 1.25 bits per heavy atom. The van der Waals surface area contributed by atoms with Gasteiger partial charge in [-0.1, -0.05) is 0 Å². The lowest BCUT2D eigenvalue weighted by Crippen LogP contribution is -2.47. The smallest absolute Gasteiger partial charge is 0.213 e. The van der Waals surface area contributed by atoms with Gasteiger partial charge in [0.25, 0.3) is 0 Å². The lowest BCUT2D eigenvalue weighted by atomic mass is 9.81. The monoisotopic (exact) mass is 328 g/mol. The largest absolute Gasteiger partial charge is 0.488 e. The van der Waals surface area contributed by atoms with E-state index in [1.54, 1.807) is 13.3 Å². The first-order chi connectivity index (χ1) is 11.7. The third-order valence-electron chi connectivity index (χ3n) is 5.46. The van der Waals surface area contributed by atoms with E-state index in [4.69, 9.17) is 15.2 Å². The fourth-order valence-corrected chi connectivity index (χ4v) is 4.01. The fourth-order valence-electron chi connectivity index (χ4n) is 4.01. The first-order valence-electron chi connectivity index (χ1n) is 8.62. The zero-order valence-corrected chi connectivity index (χ0v) is 14.2. The SMILES string of the molecule is COc1ccc2ncc3c(c2n1)N(C)C([C@H]1CC[C@H](N)CC1)CO3. The van der Waals surface area contributed by atoms with Gasteiger partial charge in [-0.2, -0.15) is 0 Å². The van der Waals surface area contributed by atoms with Gasteiger partial charge in [-0.05, 0) is 37.7 Å². The summed E-state index contributed by atoms with van der Waals surface area (Å²) in [4.78, 5) is 11.4. The molecule has 2 N–H and O–H groups in total. The van der Waals surface area contributed by atoms with Gasteiger partial charge in [-0.25, -0.2) is 4.98 Å². The van der Waals surface area contributed by atoms with Gasteiger partial charge >= 0.3 is 0 Å². The minimum absolute atomic E-state index is 0.351. The van der Waals surface area contributed by atoms with Gasteiger partial charge in [0, 0.05) is 19.2 Å². The highest BCUT2D eigenvalue weighted by molar-refractivity contribution is 5.92. The molecule has 1 fully saturated rings. The number of hydrogen-bond acceptors (Lipinski definition) is 6. The van der Waals surface area contributed by atoms with Crippen LogP contribution in [0.3, 0.4) is 0 Å². The van der Waals surface area contributed by atoms with Crippen molar-refractivity contribution in [3.05, 3.63) is 18.3 Å². The van der Waals surface area contributed by atoms with Crippen LogP contribution in [0.2, 0.25) is 0 Å². The van der Waals surface area contributed by atoms with Crippen LogP contribution < -0.4 is 20.1 Å². The number of pyridine rings is 2. The molecule has 6 heteroatoms. The van der Waals surface area contributed by atoms with Crippen LogP contribution in [-0.2, 0) is 0 Å². The minimum atomic E-state index is 0.351. The van der Waals surface area contributed by atoms with Crippen molar-refractivity contribution in [1.29, 1.82) is 0 Å². The Morgan fingerprint density at radius 3 is 2.79 bits per heavy atom. The summed E-state index contributed by atoms with van der Waals surface area (Å²) < 4.78 is 11.3. The molecule has 1 unspecified atom stereocenters. The van der Waals surface area contributed by atoms with Crippen molar-refractivity contribution >= 4 is 16.7 Å². The highest BCUT2D eigenvalue weighted by Gasteiger charge is 2.35. The molecule has 2 aromatic heterocycles.